The number of rotatable bonds is 5. The van der Waals surface area contributed by atoms with Gasteiger partial charge >= 0.3 is 0 Å². The lowest BCUT2D eigenvalue weighted by molar-refractivity contribution is 0.0464. The Hall–Kier alpha value is 0.690. The third-order valence-electron chi connectivity index (χ3n) is 3.13. The number of hydrogen-bond acceptors (Lipinski definition) is 1. The number of alkyl halides is 1. The summed E-state index contributed by atoms with van der Waals surface area (Å²) in [4.78, 5) is 0. The third-order valence-corrected chi connectivity index (χ3v) is 4.55. The highest BCUT2D eigenvalue weighted by atomic mass is 127. The molecule has 0 aromatic heterocycles. The second-order valence-electron chi connectivity index (χ2n) is 5.10. The van der Waals surface area contributed by atoms with E-state index in [0.717, 1.165) is 16.4 Å². The van der Waals surface area contributed by atoms with E-state index in [0.29, 0.717) is 6.10 Å². The maximum absolute atomic E-state index is 6.02. The van der Waals surface area contributed by atoms with Gasteiger partial charge in [-0.1, -0.05) is 55.7 Å². The molecule has 1 aliphatic rings. The summed E-state index contributed by atoms with van der Waals surface area (Å²) in [5, 5.41) is 0. The van der Waals surface area contributed by atoms with Gasteiger partial charge in [-0.2, -0.15) is 0 Å². The van der Waals surface area contributed by atoms with E-state index in [1.54, 1.807) is 0 Å². The summed E-state index contributed by atoms with van der Waals surface area (Å²) in [6.07, 6.45) is 9.90. The van der Waals surface area contributed by atoms with Crippen LogP contribution >= 0.6 is 22.6 Å². The Morgan fingerprint density at radius 3 is 2.67 bits per heavy atom. The predicted molar refractivity (Wildman–Crippen MR) is 74.7 cm³/mol. The maximum Gasteiger partial charge on any atom is 0.0692 e. The molecular formula is C13H25IO. The van der Waals surface area contributed by atoms with Crippen LogP contribution in [0.15, 0.2) is 0 Å². The summed E-state index contributed by atoms with van der Waals surface area (Å²) in [5.74, 6) is 0.818. The van der Waals surface area contributed by atoms with Gasteiger partial charge in [0, 0.05) is 10.5 Å². The minimum atomic E-state index is 0.542. The normalized spacial score (nSPS) is 28.0. The van der Waals surface area contributed by atoms with Crippen LogP contribution in [0.25, 0.3) is 0 Å². The van der Waals surface area contributed by atoms with Crippen LogP contribution in [0.5, 0.6) is 0 Å². The molecule has 0 saturated heterocycles. The molecule has 0 amide bonds. The Kier molecular flexibility index (Phi) is 7.23. The molecule has 0 aromatic rings. The molecular weight excluding hydrogens is 299 g/mol. The molecule has 0 heterocycles. The predicted octanol–water partition coefficient (Wildman–Crippen LogP) is 4.58. The second kappa shape index (κ2) is 7.88. The van der Waals surface area contributed by atoms with Gasteiger partial charge in [0.25, 0.3) is 0 Å². The molecule has 0 radical (unpaired) electrons. The minimum Gasteiger partial charge on any atom is -0.377 e. The van der Waals surface area contributed by atoms with Crippen molar-refractivity contribution in [2.45, 2.75) is 68.8 Å². The van der Waals surface area contributed by atoms with E-state index in [1.807, 2.05) is 0 Å². The van der Waals surface area contributed by atoms with Crippen LogP contribution in [-0.4, -0.2) is 16.6 Å². The van der Waals surface area contributed by atoms with Crippen molar-refractivity contribution in [2.75, 3.05) is 6.61 Å². The maximum atomic E-state index is 6.02. The Morgan fingerprint density at radius 1 is 1.20 bits per heavy atom. The summed E-state index contributed by atoms with van der Waals surface area (Å²) in [7, 11) is 0. The van der Waals surface area contributed by atoms with Crippen LogP contribution in [0.2, 0.25) is 0 Å². The lowest BCUT2D eigenvalue weighted by Gasteiger charge is -2.20. The van der Waals surface area contributed by atoms with Gasteiger partial charge in [0.2, 0.25) is 0 Å². The monoisotopic (exact) mass is 324 g/mol. The van der Waals surface area contributed by atoms with Gasteiger partial charge < -0.3 is 4.74 Å². The molecule has 1 aliphatic carbocycles. The van der Waals surface area contributed by atoms with Crippen molar-refractivity contribution < 1.29 is 4.74 Å². The van der Waals surface area contributed by atoms with Crippen molar-refractivity contribution in [1.29, 1.82) is 0 Å². The standard InChI is InChI=1S/C13H25IO/c1-11(2)7-6-10-15-13-9-5-3-4-8-12(13)14/h11-13H,3-10H2,1-2H3. The molecule has 0 aromatic carbocycles. The fraction of sp³-hybridized carbons (Fsp3) is 1.00. The van der Waals surface area contributed by atoms with Crippen LogP contribution in [0.1, 0.15) is 58.8 Å². The highest BCUT2D eigenvalue weighted by molar-refractivity contribution is 14.1. The van der Waals surface area contributed by atoms with Gasteiger partial charge in [-0.15, -0.1) is 0 Å². The Balaban J connectivity index is 2.12. The van der Waals surface area contributed by atoms with Crippen molar-refractivity contribution >= 4 is 22.6 Å². The molecule has 0 N–H and O–H groups in total. The highest BCUT2D eigenvalue weighted by Gasteiger charge is 2.21. The van der Waals surface area contributed by atoms with E-state index in [4.69, 9.17) is 4.74 Å². The fourth-order valence-electron chi connectivity index (χ4n) is 2.14. The smallest absolute Gasteiger partial charge is 0.0692 e. The van der Waals surface area contributed by atoms with Crippen molar-refractivity contribution in [1.82, 2.24) is 0 Å². The van der Waals surface area contributed by atoms with Crippen LogP contribution in [0.4, 0.5) is 0 Å². The van der Waals surface area contributed by atoms with Gasteiger partial charge in [0.1, 0.15) is 0 Å². The zero-order valence-corrected chi connectivity index (χ0v) is 12.3. The molecule has 1 nitrogen and oxygen atoms in total. The van der Waals surface area contributed by atoms with Crippen molar-refractivity contribution in [3.05, 3.63) is 0 Å². The van der Waals surface area contributed by atoms with Crippen molar-refractivity contribution in [2.24, 2.45) is 5.92 Å². The van der Waals surface area contributed by atoms with E-state index >= 15 is 0 Å². The molecule has 1 rings (SSSR count). The fourth-order valence-corrected chi connectivity index (χ4v) is 3.15. The SMILES string of the molecule is CC(C)CCCOC1CCCCCC1I. The highest BCUT2D eigenvalue weighted by Crippen LogP contribution is 2.26. The molecule has 1 saturated carbocycles. The molecule has 2 unspecified atom stereocenters. The first-order valence-corrected chi connectivity index (χ1v) is 7.70. The van der Waals surface area contributed by atoms with Crippen molar-refractivity contribution in [3.63, 3.8) is 0 Å². The zero-order chi connectivity index (χ0) is 11.1. The molecule has 0 aliphatic heterocycles. The van der Waals surface area contributed by atoms with E-state index < -0.39 is 0 Å². The average molecular weight is 324 g/mol. The molecule has 2 atom stereocenters. The summed E-state index contributed by atoms with van der Waals surface area (Å²) >= 11 is 2.58. The van der Waals surface area contributed by atoms with E-state index in [9.17, 15) is 0 Å². The molecule has 2 heteroatoms. The molecule has 0 spiro atoms. The number of ether oxygens (including phenoxy) is 1. The first-order valence-electron chi connectivity index (χ1n) is 6.46. The lowest BCUT2D eigenvalue weighted by Crippen LogP contribution is -2.23. The molecule has 15 heavy (non-hydrogen) atoms. The quantitative estimate of drug-likeness (QED) is 0.311. The molecule has 90 valence electrons. The Bertz CT molecular complexity index is 159. The van der Waals surface area contributed by atoms with Crippen LogP contribution in [0, 0.1) is 5.92 Å². The second-order valence-corrected chi connectivity index (χ2v) is 6.70. The Morgan fingerprint density at radius 2 is 1.93 bits per heavy atom. The lowest BCUT2D eigenvalue weighted by atomic mass is 10.1. The summed E-state index contributed by atoms with van der Waals surface area (Å²) in [6, 6.07) is 0. The molecule has 0 bridgehead atoms. The summed E-state index contributed by atoms with van der Waals surface area (Å²) in [5.41, 5.74) is 0. The first-order chi connectivity index (χ1) is 7.20. The number of hydrogen-bond donors (Lipinski definition) is 0. The average Bonchev–Trinajstić information content (AvgIpc) is 2.38. The summed E-state index contributed by atoms with van der Waals surface area (Å²) < 4.78 is 6.77. The van der Waals surface area contributed by atoms with Gasteiger partial charge in [-0.25, -0.2) is 0 Å². The minimum absolute atomic E-state index is 0.542. The largest absolute Gasteiger partial charge is 0.377 e. The summed E-state index contributed by atoms with van der Waals surface area (Å²) in [6.45, 7) is 5.54. The first kappa shape index (κ1) is 13.8. The Labute approximate surface area is 108 Å². The van der Waals surface area contributed by atoms with Gasteiger partial charge in [0.15, 0.2) is 0 Å². The van der Waals surface area contributed by atoms with E-state index in [-0.39, 0.29) is 0 Å². The van der Waals surface area contributed by atoms with Crippen LogP contribution < -0.4 is 0 Å². The van der Waals surface area contributed by atoms with Gasteiger partial charge in [0.05, 0.1) is 6.10 Å². The van der Waals surface area contributed by atoms with E-state index in [2.05, 4.69) is 36.4 Å². The molecule has 1 fully saturated rings. The van der Waals surface area contributed by atoms with Crippen LogP contribution in [-0.2, 0) is 4.74 Å². The van der Waals surface area contributed by atoms with Crippen molar-refractivity contribution in [3.8, 4) is 0 Å². The third kappa shape index (κ3) is 6.10. The topological polar surface area (TPSA) is 9.23 Å². The zero-order valence-electron chi connectivity index (χ0n) is 10.2. The number of halogens is 1. The van der Waals surface area contributed by atoms with Crippen LogP contribution in [0.3, 0.4) is 0 Å². The van der Waals surface area contributed by atoms with Gasteiger partial charge in [-0.3, -0.25) is 0 Å². The van der Waals surface area contributed by atoms with E-state index in [1.165, 1.54) is 44.9 Å². The van der Waals surface area contributed by atoms with Gasteiger partial charge in [-0.05, 0) is 31.6 Å².